The van der Waals surface area contributed by atoms with Gasteiger partial charge in [0.2, 0.25) is 0 Å². The Labute approximate surface area is 115 Å². The maximum Gasteiger partial charge on any atom is 0.262 e. The van der Waals surface area contributed by atoms with Crippen molar-refractivity contribution in [1.29, 1.82) is 0 Å². The van der Waals surface area contributed by atoms with Crippen LogP contribution in [-0.4, -0.2) is 15.5 Å². The van der Waals surface area contributed by atoms with Crippen LogP contribution in [0.3, 0.4) is 0 Å². The molecule has 0 unspecified atom stereocenters. The second-order valence-electron chi connectivity index (χ2n) is 4.52. The van der Waals surface area contributed by atoms with Gasteiger partial charge in [-0.25, -0.2) is 0 Å². The standard InChI is InChI=1S/C15H14N4O/c16-9-12-8-11(4-6-18-12)15(20)19-7-5-10-2-1-3-13(17)14(10)19/h1-8H,9,16-17H2. The molecule has 2 aromatic heterocycles. The molecule has 0 fully saturated rings. The number of carbonyl (C=O) groups is 1. The molecule has 0 aliphatic carbocycles. The maximum absolute atomic E-state index is 12.6. The van der Waals surface area contributed by atoms with Gasteiger partial charge in [-0.3, -0.25) is 14.3 Å². The van der Waals surface area contributed by atoms with Crippen LogP contribution in [0.25, 0.3) is 10.9 Å². The Balaban J connectivity index is 2.13. The van der Waals surface area contributed by atoms with Crippen LogP contribution in [-0.2, 0) is 6.54 Å². The summed E-state index contributed by atoms with van der Waals surface area (Å²) in [6.07, 6.45) is 3.32. The number of nitrogen functional groups attached to an aromatic ring is 1. The fourth-order valence-electron chi connectivity index (χ4n) is 2.25. The molecule has 0 bridgehead atoms. The Kier molecular flexibility index (Phi) is 2.96. The number of nitrogens with two attached hydrogens (primary N) is 2. The highest BCUT2D eigenvalue weighted by molar-refractivity contribution is 6.05. The van der Waals surface area contributed by atoms with Gasteiger partial charge in [0, 0.05) is 29.9 Å². The van der Waals surface area contributed by atoms with Gasteiger partial charge in [-0.15, -0.1) is 0 Å². The van der Waals surface area contributed by atoms with Crippen molar-refractivity contribution in [2.24, 2.45) is 5.73 Å². The number of fused-ring (bicyclic) bond motifs is 1. The minimum Gasteiger partial charge on any atom is -0.397 e. The molecule has 1 aromatic carbocycles. The number of hydrogen-bond donors (Lipinski definition) is 2. The monoisotopic (exact) mass is 266 g/mol. The van der Waals surface area contributed by atoms with Gasteiger partial charge in [0.05, 0.1) is 16.9 Å². The van der Waals surface area contributed by atoms with Gasteiger partial charge in [0.15, 0.2) is 0 Å². The second-order valence-corrected chi connectivity index (χ2v) is 4.52. The summed E-state index contributed by atoms with van der Waals surface area (Å²) in [4.78, 5) is 16.7. The summed E-state index contributed by atoms with van der Waals surface area (Å²) in [6, 6.07) is 10.8. The topological polar surface area (TPSA) is 86.9 Å². The first kappa shape index (κ1) is 12.4. The van der Waals surface area contributed by atoms with Crippen LogP contribution in [0.15, 0.2) is 48.8 Å². The molecule has 100 valence electrons. The number of nitrogens with zero attached hydrogens (tertiary/aromatic N) is 2. The normalized spacial score (nSPS) is 10.8. The van der Waals surface area contributed by atoms with Gasteiger partial charge in [0.1, 0.15) is 0 Å². The molecule has 0 spiro atoms. The summed E-state index contributed by atoms with van der Waals surface area (Å²) >= 11 is 0. The predicted octanol–water partition coefficient (Wildman–Crippen LogP) is 1.77. The smallest absolute Gasteiger partial charge is 0.262 e. The third kappa shape index (κ3) is 1.94. The Morgan fingerprint density at radius 1 is 1.25 bits per heavy atom. The van der Waals surface area contributed by atoms with Gasteiger partial charge in [-0.1, -0.05) is 12.1 Å². The van der Waals surface area contributed by atoms with E-state index in [0.717, 1.165) is 10.9 Å². The first-order valence-corrected chi connectivity index (χ1v) is 6.26. The van der Waals surface area contributed by atoms with Gasteiger partial charge in [-0.2, -0.15) is 0 Å². The van der Waals surface area contributed by atoms with E-state index in [4.69, 9.17) is 11.5 Å². The zero-order valence-corrected chi connectivity index (χ0v) is 10.8. The fourth-order valence-corrected chi connectivity index (χ4v) is 2.25. The van der Waals surface area contributed by atoms with E-state index in [0.29, 0.717) is 23.5 Å². The summed E-state index contributed by atoms with van der Waals surface area (Å²) < 4.78 is 1.56. The van der Waals surface area contributed by atoms with Gasteiger partial charge >= 0.3 is 0 Å². The highest BCUT2D eigenvalue weighted by Gasteiger charge is 2.13. The Morgan fingerprint density at radius 2 is 2.10 bits per heavy atom. The highest BCUT2D eigenvalue weighted by Crippen LogP contribution is 2.23. The highest BCUT2D eigenvalue weighted by atomic mass is 16.2. The molecule has 3 rings (SSSR count). The maximum atomic E-state index is 12.6. The summed E-state index contributed by atoms with van der Waals surface area (Å²) in [5, 5.41) is 0.937. The van der Waals surface area contributed by atoms with Crippen LogP contribution in [0, 0.1) is 0 Å². The largest absolute Gasteiger partial charge is 0.397 e. The third-order valence-electron chi connectivity index (χ3n) is 3.23. The Morgan fingerprint density at radius 3 is 2.90 bits per heavy atom. The van der Waals surface area contributed by atoms with E-state index in [-0.39, 0.29) is 5.91 Å². The molecule has 0 aliphatic rings. The summed E-state index contributed by atoms with van der Waals surface area (Å²) in [7, 11) is 0. The van der Waals surface area contributed by atoms with Crippen LogP contribution >= 0.6 is 0 Å². The van der Waals surface area contributed by atoms with E-state index in [9.17, 15) is 4.79 Å². The zero-order chi connectivity index (χ0) is 14.1. The average Bonchev–Trinajstić information content (AvgIpc) is 2.92. The number of benzene rings is 1. The molecule has 0 saturated heterocycles. The van der Waals surface area contributed by atoms with Gasteiger partial charge in [-0.05, 0) is 24.3 Å². The SMILES string of the molecule is NCc1cc(C(=O)n2ccc3cccc(N)c32)ccn1. The lowest BCUT2D eigenvalue weighted by atomic mass is 10.2. The molecular weight excluding hydrogens is 252 g/mol. The quantitative estimate of drug-likeness (QED) is 0.692. The molecule has 0 atom stereocenters. The average molecular weight is 266 g/mol. The van der Waals surface area contributed by atoms with E-state index in [2.05, 4.69) is 4.98 Å². The number of aromatic nitrogens is 2. The minimum atomic E-state index is -0.144. The van der Waals surface area contributed by atoms with Crippen LogP contribution in [0.1, 0.15) is 16.1 Å². The van der Waals surface area contributed by atoms with Crippen molar-refractivity contribution in [3.05, 3.63) is 60.0 Å². The van der Waals surface area contributed by atoms with E-state index >= 15 is 0 Å². The van der Waals surface area contributed by atoms with Crippen LogP contribution in [0.5, 0.6) is 0 Å². The van der Waals surface area contributed by atoms with E-state index in [1.807, 2.05) is 18.2 Å². The Hall–Kier alpha value is -2.66. The molecule has 5 nitrogen and oxygen atoms in total. The van der Waals surface area contributed by atoms with Crippen molar-refractivity contribution >= 4 is 22.5 Å². The van der Waals surface area contributed by atoms with Crippen molar-refractivity contribution in [3.63, 3.8) is 0 Å². The van der Waals surface area contributed by atoms with Gasteiger partial charge in [0.25, 0.3) is 5.91 Å². The van der Waals surface area contributed by atoms with Crippen LogP contribution < -0.4 is 11.5 Å². The van der Waals surface area contributed by atoms with Crippen molar-refractivity contribution in [1.82, 2.24) is 9.55 Å². The van der Waals surface area contributed by atoms with Gasteiger partial charge < -0.3 is 11.5 Å². The number of carbonyl (C=O) groups excluding carboxylic acids is 1. The minimum absolute atomic E-state index is 0.144. The summed E-state index contributed by atoms with van der Waals surface area (Å²) in [5.41, 5.74) is 14.0. The second kappa shape index (κ2) is 4.79. The molecular formula is C15H14N4O. The molecule has 0 radical (unpaired) electrons. The Bertz CT molecular complexity index is 791. The van der Waals surface area contributed by atoms with Crippen LogP contribution in [0.2, 0.25) is 0 Å². The zero-order valence-electron chi connectivity index (χ0n) is 10.8. The van der Waals surface area contributed by atoms with Crippen molar-refractivity contribution in [3.8, 4) is 0 Å². The number of para-hydroxylation sites is 1. The fraction of sp³-hybridized carbons (Fsp3) is 0.0667. The molecule has 4 N–H and O–H groups in total. The first-order valence-electron chi connectivity index (χ1n) is 6.26. The first-order chi connectivity index (χ1) is 9.70. The van der Waals surface area contributed by atoms with E-state index < -0.39 is 0 Å². The number of anilines is 1. The summed E-state index contributed by atoms with van der Waals surface area (Å²) in [6.45, 7) is 0.301. The lowest BCUT2D eigenvalue weighted by Gasteiger charge is -2.07. The number of hydrogen-bond acceptors (Lipinski definition) is 4. The molecule has 20 heavy (non-hydrogen) atoms. The molecule has 0 amide bonds. The van der Waals surface area contributed by atoms with Crippen molar-refractivity contribution in [2.75, 3.05) is 5.73 Å². The molecule has 5 heteroatoms. The third-order valence-corrected chi connectivity index (χ3v) is 3.23. The van der Waals surface area contributed by atoms with Crippen molar-refractivity contribution in [2.45, 2.75) is 6.54 Å². The molecule has 0 saturated carbocycles. The van der Waals surface area contributed by atoms with Crippen molar-refractivity contribution < 1.29 is 4.79 Å². The van der Waals surface area contributed by atoms with Crippen LogP contribution in [0.4, 0.5) is 5.69 Å². The molecule has 2 heterocycles. The predicted molar refractivity (Wildman–Crippen MR) is 78.2 cm³/mol. The van der Waals surface area contributed by atoms with E-state index in [1.165, 1.54) is 0 Å². The summed E-state index contributed by atoms with van der Waals surface area (Å²) in [5.74, 6) is -0.144. The molecule has 3 aromatic rings. The lowest BCUT2D eigenvalue weighted by molar-refractivity contribution is 0.0965. The molecule has 0 aliphatic heterocycles. The number of rotatable bonds is 2. The lowest BCUT2D eigenvalue weighted by Crippen LogP contribution is -2.13. The number of pyridine rings is 1. The van der Waals surface area contributed by atoms with E-state index in [1.54, 1.807) is 35.2 Å².